The number of hydrogen-bond acceptors (Lipinski definition) is 5. The van der Waals surface area contributed by atoms with Crippen molar-refractivity contribution in [2.45, 2.75) is 46.3 Å². The number of hydrogen-bond donors (Lipinski definition) is 2. The first-order chi connectivity index (χ1) is 16.8. The molecule has 35 heavy (non-hydrogen) atoms. The van der Waals surface area contributed by atoms with Gasteiger partial charge in [0, 0.05) is 36.4 Å². The molecule has 188 valence electrons. The van der Waals surface area contributed by atoms with Gasteiger partial charge in [-0.05, 0) is 37.5 Å². The van der Waals surface area contributed by atoms with Gasteiger partial charge in [0.25, 0.3) is 11.8 Å². The molecule has 2 heterocycles. The van der Waals surface area contributed by atoms with Crippen LogP contribution >= 0.6 is 0 Å². The van der Waals surface area contributed by atoms with Crippen LogP contribution in [0.5, 0.6) is 5.75 Å². The summed E-state index contributed by atoms with van der Waals surface area (Å²) >= 11 is 0. The van der Waals surface area contributed by atoms with Crippen molar-refractivity contribution in [2.75, 3.05) is 25.5 Å². The Morgan fingerprint density at radius 3 is 2.69 bits per heavy atom. The summed E-state index contributed by atoms with van der Waals surface area (Å²) in [6, 6.07) is 2.81. The molecule has 0 bridgehead atoms. The van der Waals surface area contributed by atoms with Crippen LogP contribution in [0, 0.1) is 5.82 Å². The summed E-state index contributed by atoms with van der Waals surface area (Å²) in [5.74, 6) is -1.09. The second kappa shape index (κ2) is 11.9. The normalized spacial score (nSPS) is 19.5. The molecule has 3 rings (SSSR count). The molecule has 7 nitrogen and oxygen atoms in total. The predicted molar refractivity (Wildman–Crippen MR) is 130 cm³/mol. The summed E-state index contributed by atoms with van der Waals surface area (Å²) in [6.45, 7) is 5.58. The van der Waals surface area contributed by atoms with Gasteiger partial charge >= 0.3 is 0 Å². The Morgan fingerprint density at radius 2 is 2.09 bits per heavy atom. The van der Waals surface area contributed by atoms with Gasteiger partial charge in [-0.15, -0.1) is 0 Å². The van der Waals surface area contributed by atoms with Crippen LogP contribution in [0.15, 0.2) is 59.0 Å². The third kappa shape index (κ3) is 6.43. The number of nitrogens with zero attached hydrogens (tertiary/aromatic N) is 1. The van der Waals surface area contributed by atoms with Crippen molar-refractivity contribution in [3.05, 3.63) is 70.4 Å². The topological polar surface area (TPSA) is 79.9 Å². The zero-order valence-electron chi connectivity index (χ0n) is 20.4. The number of carbonyl (C=O) groups is 2. The van der Waals surface area contributed by atoms with Crippen LogP contribution in [0.2, 0.25) is 0 Å². The van der Waals surface area contributed by atoms with Gasteiger partial charge in [0.1, 0.15) is 17.4 Å². The number of amides is 2. The lowest BCUT2D eigenvalue weighted by Crippen LogP contribution is -2.36. The second-order valence-electron chi connectivity index (χ2n) is 8.20. The summed E-state index contributed by atoms with van der Waals surface area (Å²) in [4.78, 5) is 29.8. The minimum Gasteiger partial charge on any atom is -0.478 e. The van der Waals surface area contributed by atoms with Crippen LogP contribution in [0.25, 0.3) is 0 Å². The molecule has 0 radical (unpaired) electrons. The maximum absolute atomic E-state index is 14.7. The fourth-order valence-electron chi connectivity index (χ4n) is 3.79. The van der Waals surface area contributed by atoms with E-state index in [1.54, 1.807) is 23.3 Å². The monoisotopic (exact) mass is 487 g/mol. The molecule has 2 aliphatic rings. The zero-order chi connectivity index (χ0) is 25.5. The van der Waals surface area contributed by atoms with E-state index < -0.39 is 17.7 Å². The van der Waals surface area contributed by atoms with Gasteiger partial charge in [-0.3, -0.25) is 14.4 Å². The van der Waals surface area contributed by atoms with E-state index >= 15 is 0 Å². The van der Waals surface area contributed by atoms with E-state index in [1.807, 2.05) is 19.9 Å². The highest BCUT2D eigenvalue weighted by Gasteiger charge is 2.28. The molecule has 2 N–H and O–H groups in total. The van der Waals surface area contributed by atoms with Crippen LogP contribution in [0.3, 0.4) is 0 Å². The standard InChI is InChI=1S/C26H31F2N3O4/c1-5-7-17(25(32)29-4)8-9-20(16(3)27)18-10-11-31(34-15-18)14-19-12-22-24(13-21(19)28)35-23(6-2)26(33)30-22/h7-10,12-13,23H,5-6,11,14-15H2,1-4H3,(H,29,32)(H,30,33)/b9-8-,17-7-,20-16-. The Balaban J connectivity index is 1.72. The van der Waals surface area contributed by atoms with Gasteiger partial charge in [-0.2, -0.15) is 5.06 Å². The van der Waals surface area contributed by atoms with Crippen molar-refractivity contribution in [3.8, 4) is 5.75 Å². The number of ether oxygens (including phenoxy) is 1. The molecule has 1 aromatic rings. The number of likely N-dealkylation sites (N-methyl/N-ethyl adjacent to an activating group) is 1. The van der Waals surface area contributed by atoms with E-state index in [0.717, 1.165) is 0 Å². The average Bonchev–Trinajstić information content (AvgIpc) is 2.84. The molecule has 1 unspecified atom stereocenters. The van der Waals surface area contributed by atoms with Crippen molar-refractivity contribution < 1.29 is 27.9 Å². The number of carbonyl (C=O) groups excluding carboxylic acids is 2. The third-order valence-electron chi connectivity index (χ3n) is 5.69. The predicted octanol–water partition coefficient (Wildman–Crippen LogP) is 4.49. The molecule has 1 atom stereocenters. The van der Waals surface area contributed by atoms with E-state index in [4.69, 9.17) is 9.57 Å². The molecule has 2 aliphatic heterocycles. The third-order valence-corrected chi connectivity index (χ3v) is 5.69. The summed E-state index contributed by atoms with van der Waals surface area (Å²) in [5, 5.41) is 6.87. The van der Waals surface area contributed by atoms with Crippen LogP contribution in [-0.2, 0) is 21.0 Å². The SMILES string of the molecule is CC/C=C(/C=C\C(C1=CCN(Cc2cc3c(cc2F)OC(CC)C(=O)N3)OC1)=C(/C)F)C(=O)NC. The first-order valence-corrected chi connectivity index (χ1v) is 11.6. The number of benzene rings is 1. The van der Waals surface area contributed by atoms with Crippen molar-refractivity contribution >= 4 is 17.5 Å². The quantitative estimate of drug-likeness (QED) is 0.417. The van der Waals surface area contributed by atoms with Crippen LogP contribution in [0.4, 0.5) is 14.5 Å². The van der Waals surface area contributed by atoms with Crippen molar-refractivity contribution in [1.82, 2.24) is 10.4 Å². The minimum atomic E-state index is -0.637. The molecular formula is C26H31F2N3O4. The summed E-state index contributed by atoms with van der Waals surface area (Å²) < 4.78 is 34.6. The second-order valence-corrected chi connectivity index (χ2v) is 8.20. The van der Waals surface area contributed by atoms with Gasteiger partial charge in [0.2, 0.25) is 0 Å². The van der Waals surface area contributed by atoms with Gasteiger partial charge in [-0.25, -0.2) is 8.78 Å². The largest absolute Gasteiger partial charge is 0.478 e. The number of hydroxylamine groups is 2. The Morgan fingerprint density at radius 1 is 1.31 bits per heavy atom. The number of anilines is 1. The fourth-order valence-corrected chi connectivity index (χ4v) is 3.79. The Labute approximate surface area is 204 Å². The molecule has 2 amide bonds. The maximum Gasteiger partial charge on any atom is 0.265 e. The number of rotatable bonds is 8. The smallest absolute Gasteiger partial charge is 0.265 e. The Kier molecular flexibility index (Phi) is 8.95. The first kappa shape index (κ1) is 26.3. The average molecular weight is 488 g/mol. The Hall–Kier alpha value is -3.30. The summed E-state index contributed by atoms with van der Waals surface area (Å²) in [6.07, 6.45) is 7.22. The lowest BCUT2D eigenvalue weighted by Gasteiger charge is -2.28. The number of halogens is 2. The zero-order valence-corrected chi connectivity index (χ0v) is 20.4. The number of allylic oxidation sites excluding steroid dienone is 3. The molecule has 1 aromatic carbocycles. The van der Waals surface area contributed by atoms with Gasteiger partial charge in [-0.1, -0.05) is 32.1 Å². The van der Waals surface area contributed by atoms with E-state index in [-0.39, 0.29) is 25.0 Å². The van der Waals surface area contributed by atoms with Crippen LogP contribution in [0.1, 0.15) is 39.2 Å². The van der Waals surface area contributed by atoms with E-state index in [0.29, 0.717) is 53.1 Å². The molecule has 0 saturated carbocycles. The van der Waals surface area contributed by atoms with Crippen molar-refractivity contribution in [1.29, 1.82) is 0 Å². The minimum absolute atomic E-state index is 0.0817. The highest BCUT2D eigenvalue weighted by Crippen LogP contribution is 2.33. The highest BCUT2D eigenvalue weighted by molar-refractivity contribution is 5.98. The molecule has 0 spiro atoms. The van der Waals surface area contributed by atoms with E-state index in [1.165, 1.54) is 26.1 Å². The number of nitrogens with one attached hydrogen (secondary N) is 2. The van der Waals surface area contributed by atoms with Crippen LogP contribution < -0.4 is 15.4 Å². The summed E-state index contributed by atoms with van der Waals surface area (Å²) in [5.41, 5.74) is 2.15. The van der Waals surface area contributed by atoms with Gasteiger partial charge in [0.15, 0.2) is 6.10 Å². The summed E-state index contributed by atoms with van der Waals surface area (Å²) in [7, 11) is 1.54. The first-order valence-electron chi connectivity index (χ1n) is 11.6. The molecular weight excluding hydrogens is 456 g/mol. The van der Waals surface area contributed by atoms with Gasteiger partial charge in [0.05, 0.1) is 18.8 Å². The van der Waals surface area contributed by atoms with E-state index in [9.17, 15) is 18.4 Å². The maximum atomic E-state index is 14.7. The lowest BCUT2D eigenvalue weighted by molar-refractivity contribution is -0.157. The molecule has 0 fully saturated rings. The molecule has 0 aliphatic carbocycles. The molecule has 0 saturated heterocycles. The molecule has 9 heteroatoms. The van der Waals surface area contributed by atoms with Crippen molar-refractivity contribution in [3.63, 3.8) is 0 Å². The van der Waals surface area contributed by atoms with Crippen molar-refractivity contribution in [2.24, 2.45) is 0 Å². The Bertz CT molecular complexity index is 1100. The number of fused-ring (bicyclic) bond motifs is 1. The molecule has 0 aromatic heterocycles. The van der Waals surface area contributed by atoms with Gasteiger partial charge < -0.3 is 15.4 Å². The lowest BCUT2D eigenvalue weighted by atomic mass is 10.0. The fraction of sp³-hybridized carbons (Fsp3) is 0.385. The van der Waals surface area contributed by atoms with Crippen LogP contribution in [-0.4, -0.2) is 43.2 Å². The van der Waals surface area contributed by atoms with E-state index in [2.05, 4.69) is 10.6 Å². The highest BCUT2D eigenvalue weighted by atomic mass is 19.1.